The molecule has 0 bridgehead atoms. The Kier molecular flexibility index (Phi) is 5.47. The summed E-state index contributed by atoms with van der Waals surface area (Å²) < 4.78 is 7.34. The predicted molar refractivity (Wildman–Crippen MR) is 111 cm³/mol. The molecule has 0 aliphatic carbocycles. The second kappa shape index (κ2) is 8.21. The van der Waals surface area contributed by atoms with Crippen LogP contribution in [0.5, 0.6) is 5.75 Å². The highest BCUT2D eigenvalue weighted by Crippen LogP contribution is 2.31. The Balaban J connectivity index is 1.41. The normalized spacial score (nSPS) is 23.3. The van der Waals surface area contributed by atoms with Gasteiger partial charge in [0.15, 0.2) is 6.23 Å². The number of likely N-dealkylation sites (N-methyl/N-ethyl adjacent to an activating group) is 1. The fourth-order valence-electron chi connectivity index (χ4n) is 3.59. The van der Waals surface area contributed by atoms with Crippen LogP contribution in [-0.4, -0.2) is 52.6 Å². The lowest BCUT2D eigenvalue weighted by Crippen LogP contribution is -2.56. The number of fused-ring (bicyclic) bond motifs is 1. The van der Waals surface area contributed by atoms with E-state index in [9.17, 15) is 14.7 Å². The average molecular weight is 411 g/mol. The number of carbonyl (C=O) groups is 1. The van der Waals surface area contributed by atoms with Gasteiger partial charge in [-0.2, -0.15) is 0 Å². The van der Waals surface area contributed by atoms with Crippen molar-refractivity contribution in [1.82, 2.24) is 20.3 Å². The van der Waals surface area contributed by atoms with Crippen LogP contribution in [0.1, 0.15) is 6.92 Å². The number of carbonyl (C=O) groups excluding carboxylic acids is 1. The number of anilines is 1. The van der Waals surface area contributed by atoms with Gasteiger partial charge in [0, 0.05) is 25.0 Å². The molecular weight excluding hydrogens is 386 g/mol. The number of hydrazine groups is 1. The minimum atomic E-state index is -0.942. The van der Waals surface area contributed by atoms with Crippen LogP contribution in [0.4, 0.5) is 5.69 Å². The molecule has 0 fully saturated rings. The molecule has 3 N–H and O–H groups in total. The summed E-state index contributed by atoms with van der Waals surface area (Å²) in [4.78, 5) is 26.5. The molecule has 2 aliphatic heterocycles. The van der Waals surface area contributed by atoms with Crippen molar-refractivity contribution in [3.63, 3.8) is 0 Å². The van der Waals surface area contributed by atoms with Crippen LogP contribution >= 0.6 is 0 Å². The first-order chi connectivity index (χ1) is 14.4. The Labute approximate surface area is 174 Å². The minimum absolute atomic E-state index is 0.124. The molecule has 0 radical (unpaired) electrons. The Morgan fingerprint density at radius 3 is 2.83 bits per heavy atom. The molecule has 9 nitrogen and oxygen atoms in total. The lowest BCUT2D eigenvalue weighted by molar-refractivity contribution is -0.124. The number of benzene rings is 1. The van der Waals surface area contributed by atoms with Gasteiger partial charge in [0.2, 0.25) is 5.91 Å². The van der Waals surface area contributed by atoms with Crippen LogP contribution in [-0.2, 0) is 11.5 Å². The number of ether oxygens (including phenoxy) is 1. The van der Waals surface area contributed by atoms with Crippen molar-refractivity contribution in [1.29, 1.82) is 0 Å². The number of allylic oxidation sites excluding steroid dienone is 1. The number of hydrogen-bond donors (Lipinski definition) is 3. The molecule has 158 valence electrons. The SMILES string of the molecule is CC1=CC(C(=O)NC2COc3ccccc3N(C)C2O)NN1Cn1ccccc1=O. The molecule has 30 heavy (non-hydrogen) atoms. The molecule has 2 aromatic rings. The van der Waals surface area contributed by atoms with Gasteiger partial charge in [-0.15, -0.1) is 0 Å². The zero-order valence-corrected chi connectivity index (χ0v) is 16.9. The Hall–Kier alpha value is -3.30. The van der Waals surface area contributed by atoms with E-state index in [4.69, 9.17) is 4.74 Å². The summed E-state index contributed by atoms with van der Waals surface area (Å²) in [7, 11) is 1.76. The van der Waals surface area contributed by atoms with E-state index in [1.54, 1.807) is 45.9 Å². The zero-order chi connectivity index (χ0) is 21.3. The number of aromatic nitrogens is 1. The molecule has 4 rings (SSSR count). The number of pyridine rings is 1. The fraction of sp³-hybridized carbons (Fsp3) is 0.333. The molecule has 0 spiro atoms. The number of amides is 1. The maximum absolute atomic E-state index is 12.9. The van der Waals surface area contributed by atoms with Gasteiger partial charge in [0.25, 0.3) is 5.56 Å². The number of aliphatic hydroxyl groups is 1. The lowest BCUT2D eigenvalue weighted by atomic mass is 10.2. The van der Waals surface area contributed by atoms with Crippen LogP contribution in [0.15, 0.2) is 65.2 Å². The van der Waals surface area contributed by atoms with Crippen LogP contribution < -0.4 is 25.9 Å². The first kappa shape index (κ1) is 20.0. The van der Waals surface area contributed by atoms with Gasteiger partial charge in [0.1, 0.15) is 31.1 Å². The summed E-state index contributed by atoms with van der Waals surface area (Å²) in [6, 6.07) is 11.1. The molecule has 0 saturated heterocycles. The van der Waals surface area contributed by atoms with Crippen molar-refractivity contribution in [3.05, 3.63) is 70.8 Å². The quantitative estimate of drug-likeness (QED) is 0.662. The highest BCUT2D eigenvalue weighted by molar-refractivity contribution is 5.84. The highest BCUT2D eigenvalue weighted by atomic mass is 16.5. The highest BCUT2D eigenvalue weighted by Gasteiger charge is 2.33. The molecule has 1 aromatic carbocycles. The Bertz CT molecular complexity index is 1020. The van der Waals surface area contributed by atoms with Crippen LogP contribution in [0, 0.1) is 0 Å². The molecule has 9 heteroatoms. The molecule has 1 amide bonds. The van der Waals surface area contributed by atoms with E-state index >= 15 is 0 Å². The summed E-state index contributed by atoms with van der Waals surface area (Å²) >= 11 is 0. The van der Waals surface area contributed by atoms with Gasteiger partial charge in [-0.25, -0.2) is 5.43 Å². The number of para-hydroxylation sites is 2. The minimum Gasteiger partial charge on any atom is -0.489 e. The summed E-state index contributed by atoms with van der Waals surface area (Å²) in [6.45, 7) is 2.29. The largest absolute Gasteiger partial charge is 0.489 e. The molecule has 1 aromatic heterocycles. The molecule has 3 heterocycles. The monoisotopic (exact) mass is 411 g/mol. The van der Waals surface area contributed by atoms with E-state index in [1.165, 1.54) is 6.07 Å². The maximum atomic E-state index is 12.9. The van der Waals surface area contributed by atoms with Crippen molar-refractivity contribution < 1.29 is 14.6 Å². The average Bonchev–Trinajstić information content (AvgIpc) is 3.07. The number of nitrogens with zero attached hydrogens (tertiary/aromatic N) is 3. The van der Waals surface area contributed by atoms with Crippen molar-refractivity contribution in [3.8, 4) is 5.75 Å². The Morgan fingerprint density at radius 1 is 1.27 bits per heavy atom. The Morgan fingerprint density at radius 2 is 2.03 bits per heavy atom. The molecule has 0 saturated carbocycles. The molecule has 3 unspecified atom stereocenters. The van der Waals surface area contributed by atoms with E-state index in [2.05, 4.69) is 10.7 Å². The maximum Gasteiger partial charge on any atom is 0.252 e. The second-order valence-electron chi connectivity index (χ2n) is 7.41. The van der Waals surface area contributed by atoms with E-state index < -0.39 is 18.3 Å². The molecule has 3 atom stereocenters. The van der Waals surface area contributed by atoms with E-state index in [-0.39, 0.29) is 24.7 Å². The van der Waals surface area contributed by atoms with Crippen molar-refractivity contribution >= 4 is 11.6 Å². The fourth-order valence-corrected chi connectivity index (χ4v) is 3.59. The summed E-state index contributed by atoms with van der Waals surface area (Å²) in [5.41, 5.74) is 4.56. The zero-order valence-electron chi connectivity index (χ0n) is 16.9. The van der Waals surface area contributed by atoms with Gasteiger partial charge in [-0.3, -0.25) is 19.2 Å². The molecular formula is C21H25N5O4. The van der Waals surface area contributed by atoms with Gasteiger partial charge in [-0.1, -0.05) is 18.2 Å². The van der Waals surface area contributed by atoms with Crippen LogP contribution in [0.25, 0.3) is 0 Å². The molecule has 2 aliphatic rings. The summed E-state index contributed by atoms with van der Waals surface area (Å²) in [5.74, 6) is 0.370. The van der Waals surface area contributed by atoms with Gasteiger partial charge in [0.05, 0.1) is 5.69 Å². The van der Waals surface area contributed by atoms with E-state index in [0.717, 1.165) is 11.4 Å². The first-order valence-electron chi connectivity index (χ1n) is 9.75. The van der Waals surface area contributed by atoms with Crippen molar-refractivity contribution in [2.24, 2.45) is 0 Å². The van der Waals surface area contributed by atoms with Crippen LogP contribution in [0.3, 0.4) is 0 Å². The van der Waals surface area contributed by atoms with Gasteiger partial charge < -0.3 is 20.1 Å². The van der Waals surface area contributed by atoms with E-state index in [1.807, 2.05) is 31.2 Å². The smallest absolute Gasteiger partial charge is 0.252 e. The van der Waals surface area contributed by atoms with Gasteiger partial charge >= 0.3 is 0 Å². The summed E-state index contributed by atoms with van der Waals surface area (Å²) in [6.07, 6.45) is 2.53. The third kappa shape index (κ3) is 3.89. The van der Waals surface area contributed by atoms with Gasteiger partial charge in [-0.05, 0) is 31.2 Å². The number of aliphatic hydroxyl groups excluding tert-OH is 1. The standard InChI is InChI=1S/C21H25N5O4/c1-14-11-15(23-26(14)13-25-10-6-5-9-19(25)27)20(28)22-16-12-30-18-8-4-3-7-17(18)24(2)21(16)29/h3-11,15-16,21,23,29H,12-13H2,1-2H3,(H,22,28). The van der Waals surface area contributed by atoms with Crippen molar-refractivity contribution in [2.75, 3.05) is 18.6 Å². The lowest BCUT2D eigenvalue weighted by Gasteiger charge is -2.30. The number of rotatable bonds is 4. The second-order valence-corrected chi connectivity index (χ2v) is 7.41. The van der Waals surface area contributed by atoms with E-state index in [0.29, 0.717) is 5.75 Å². The number of nitrogens with one attached hydrogen (secondary N) is 2. The summed E-state index contributed by atoms with van der Waals surface area (Å²) in [5, 5.41) is 15.4. The van der Waals surface area contributed by atoms with Crippen LogP contribution in [0.2, 0.25) is 0 Å². The predicted octanol–water partition coefficient (Wildman–Crippen LogP) is 0.230. The van der Waals surface area contributed by atoms with Crippen molar-refractivity contribution in [2.45, 2.75) is 31.9 Å². The topological polar surface area (TPSA) is 99.1 Å². The number of hydrogen-bond acceptors (Lipinski definition) is 7. The first-order valence-corrected chi connectivity index (χ1v) is 9.75. The third-order valence-electron chi connectivity index (χ3n) is 5.35. The third-order valence-corrected chi connectivity index (χ3v) is 5.35.